The average Bonchev–Trinajstić information content (AvgIpc) is 2.40. The molecule has 0 atom stereocenters. The van der Waals surface area contributed by atoms with Gasteiger partial charge in [-0.1, -0.05) is 19.3 Å². The lowest BCUT2D eigenvalue weighted by Gasteiger charge is -2.23. The third-order valence-electron chi connectivity index (χ3n) is 3.75. The van der Waals surface area contributed by atoms with Gasteiger partial charge in [-0.3, -0.25) is 0 Å². The first-order valence-corrected chi connectivity index (χ1v) is 6.74. The Morgan fingerprint density at radius 2 is 2.12 bits per heavy atom. The van der Waals surface area contributed by atoms with E-state index < -0.39 is 0 Å². The summed E-state index contributed by atoms with van der Waals surface area (Å²) in [5.74, 6) is 0.831. The minimum absolute atomic E-state index is 0.587. The molecule has 92 valence electrons. The van der Waals surface area contributed by atoms with Crippen molar-refractivity contribution in [1.29, 1.82) is 0 Å². The van der Waals surface area contributed by atoms with Gasteiger partial charge in [0.25, 0.3) is 0 Å². The normalized spacial score (nSPS) is 20.9. The molecule has 0 bridgehead atoms. The smallest absolute Gasteiger partial charge is 0.223 e. The molecule has 0 radical (unpaired) electrons. The minimum atomic E-state index is 0.587. The van der Waals surface area contributed by atoms with Crippen molar-refractivity contribution in [3.63, 3.8) is 0 Å². The Balaban J connectivity index is 1.70. The molecule has 2 heterocycles. The van der Waals surface area contributed by atoms with Crippen LogP contribution in [0.15, 0.2) is 6.20 Å². The van der Waals surface area contributed by atoms with Crippen molar-refractivity contribution < 1.29 is 0 Å². The molecular weight excluding hydrogens is 212 g/mol. The Labute approximate surface area is 102 Å². The Morgan fingerprint density at radius 3 is 3.00 bits per heavy atom. The summed E-state index contributed by atoms with van der Waals surface area (Å²) in [7, 11) is 0. The second-order valence-electron chi connectivity index (χ2n) is 5.07. The minimum Gasteiger partial charge on any atom is -0.351 e. The summed E-state index contributed by atoms with van der Waals surface area (Å²) in [6.07, 6.45) is 9.59. The summed E-state index contributed by atoms with van der Waals surface area (Å²) in [4.78, 5) is 9.07. The van der Waals surface area contributed by atoms with Gasteiger partial charge in [-0.2, -0.15) is 0 Å². The third-order valence-corrected chi connectivity index (χ3v) is 3.75. The highest BCUT2D eigenvalue weighted by atomic mass is 15.1. The standard InChI is InChI=1S/C13H20N4/c1-2-4-11(5-3-1)16-13-15-9-10-8-14-7-6-12(10)17-13/h9,11,14H,1-8H2,(H,15,16,17). The molecule has 0 unspecified atom stereocenters. The van der Waals surface area contributed by atoms with Crippen LogP contribution in [-0.2, 0) is 13.0 Å². The summed E-state index contributed by atoms with van der Waals surface area (Å²) in [6, 6.07) is 0.587. The quantitative estimate of drug-likeness (QED) is 0.817. The lowest BCUT2D eigenvalue weighted by atomic mass is 9.96. The van der Waals surface area contributed by atoms with Gasteiger partial charge in [0.1, 0.15) is 0 Å². The maximum atomic E-state index is 4.65. The highest BCUT2D eigenvalue weighted by molar-refractivity contribution is 5.32. The van der Waals surface area contributed by atoms with E-state index in [1.54, 1.807) is 0 Å². The molecule has 2 N–H and O–H groups in total. The fourth-order valence-corrected chi connectivity index (χ4v) is 2.74. The average molecular weight is 232 g/mol. The van der Waals surface area contributed by atoms with Gasteiger partial charge in [-0.05, 0) is 12.8 Å². The number of aromatic nitrogens is 2. The summed E-state index contributed by atoms with van der Waals surface area (Å²) in [5.41, 5.74) is 2.47. The van der Waals surface area contributed by atoms with Crippen molar-refractivity contribution in [2.24, 2.45) is 0 Å². The number of hydrogen-bond donors (Lipinski definition) is 2. The highest BCUT2D eigenvalue weighted by Crippen LogP contribution is 2.21. The van der Waals surface area contributed by atoms with Crippen molar-refractivity contribution >= 4 is 5.95 Å². The van der Waals surface area contributed by atoms with E-state index in [1.165, 1.54) is 43.4 Å². The maximum absolute atomic E-state index is 4.65. The van der Waals surface area contributed by atoms with Crippen molar-refractivity contribution in [2.75, 3.05) is 11.9 Å². The second kappa shape index (κ2) is 5.00. The van der Waals surface area contributed by atoms with Crippen LogP contribution in [0.3, 0.4) is 0 Å². The van der Waals surface area contributed by atoms with E-state index >= 15 is 0 Å². The topological polar surface area (TPSA) is 49.8 Å². The Bertz CT molecular complexity index is 385. The number of nitrogens with one attached hydrogen (secondary N) is 2. The van der Waals surface area contributed by atoms with Crippen LogP contribution in [0, 0.1) is 0 Å². The molecule has 1 fully saturated rings. The predicted molar refractivity (Wildman–Crippen MR) is 67.9 cm³/mol. The largest absolute Gasteiger partial charge is 0.351 e. The molecule has 4 heteroatoms. The molecule has 17 heavy (non-hydrogen) atoms. The van der Waals surface area contributed by atoms with Crippen LogP contribution >= 0.6 is 0 Å². The molecular formula is C13H20N4. The molecule has 1 saturated carbocycles. The molecule has 0 spiro atoms. The van der Waals surface area contributed by atoms with E-state index in [0.29, 0.717) is 6.04 Å². The lowest BCUT2D eigenvalue weighted by Crippen LogP contribution is -2.27. The summed E-state index contributed by atoms with van der Waals surface area (Å²) in [5, 5.41) is 6.83. The molecule has 1 aromatic rings. The van der Waals surface area contributed by atoms with Gasteiger partial charge in [0.15, 0.2) is 0 Å². The van der Waals surface area contributed by atoms with Gasteiger partial charge >= 0.3 is 0 Å². The zero-order chi connectivity index (χ0) is 11.5. The van der Waals surface area contributed by atoms with Crippen molar-refractivity contribution in [3.05, 3.63) is 17.5 Å². The SMILES string of the molecule is c1nc(NC2CCCCC2)nc2c1CNCC2. The van der Waals surface area contributed by atoms with E-state index in [-0.39, 0.29) is 0 Å². The van der Waals surface area contributed by atoms with Crippen LogP contribution in [0.1, 0.15) is 43.4 Å². The first-order chi connectivity index (χ1) is 8.42. The van der Waals surface area contributed by atoms with Crippen LogP contribution in [0.5, 0.6) is 0 Å². The first-order valence-electron chi connectivity index (χ1n) is 6.74. The summed E-state index contributed by atoms with van der Waals surface area (Å²) < 4.78 is 0. The van der Waals surface area contributed by atoms with Crippen molar-refractivity contribution in [1.82, 2.24) is 15.3 Å². The first kappa shape index (κ1) is 11.0. The Morgan fingerprint density at radius 1 is 1.24 bits per heavy atom. The zero-order valence-corrected chi connectivity index (χ0v) is 10.2. The van der Waals surface area contributed by atoms with Gasteiger partial charge in [0.05, 0.1) is 5.69 Å². The molecule has 3 rings (SSSR count). The lowest BCUT2D eigenvalue weighted by molar-refractivity contribution is 0.460. The summed E-state index contributed by atoms with van der Waals surface area (Å²) >= 11 is 0. The van der Waals surface area contributed by atoms with E-state index in [2.05, 4.69) is 20.6 Å². The number of anilines is 1. The predicted octanol–water partition coefficient (Wildman–Crippen LogP) is 1.87. The van der Waals surface area contributed by atoms with Crippen LogP contribution in [0.25, 0.3) is 0 Å². The molecule has 0 amide bonds. The molecule has 0 saturated heterocycles. The second-order valence-corrected chi connectivity index (χ2v) is 5.07. The zero-order valence-electron chi connectivity index (χ0n) is 10.2. The number of nitrogens with zero attached hydrogens (tertiary/aromatic N) is 2. The number of hydrogen-bond acceptors (Lipinski definition) is 4. The Kier molecular flexibility index (Phi) is 3.22. The van der Waals surface area contributed by atoms with Gasteiger partial charge in [0, 0.05) is 37.3 Å². The molecule has 0 aromatic carbocycles. The maximum Gasteiger partial charge on any atom is 0.223 e. The van der Waals surface area contributed by atoms with Crippen LogP contribution in [0.4, 0.5) is 5.95 Å². The van der Waals surface area contributed by atoms with Crippen LogP contribution in [-0.4, -0.2) is 22.6 Å². The number of fused-ring (bicyclic) bond motifs is 1. The van der Waals surface area contributed by atoms with Gasteiger partial charge in [0.2, 0.25) is 5.95 Å². The summed E-state index contributed by atoms with van der Waals surface area (Å²) in [6.45, 7) is 1.95. The van der Waals surface area contributed by atoms with Crippen LogP contribution < -0.4 is 10.6 Å². The van der Waals surface area contributed by atoms with Gasteiger partial charge in [-0.15, -0.1) is 0 Å². The van der Waals surface area contributed by atoms with E-state index in [9.17, 15) is 0 Å². The monoisotopic (exact) mass is 232 g/mol. The molecule has 1 aliphatic carbocycles. The fraction of sp³-hybridized carbons (Fsp3) is 0.692. The van der Waals surface area contributed by atoms with E-state index in [4.69, 9.17) is 0 Å². The molecule has 1 aromatic heterocycles. The highest BCUT2D eigenvalue weighted by Gasteiger charge is 2.16. The molecule has 1 aliphatic heterocycles. The third kappa shape index (κ3) is 2.57. The van der Waals surface area contributed by atoms with Gasteiger partial charge < -0.3 is 10.6 Å². The Hall–Kier alpha value is -1.16. The van der Waals surface area contributed by atoms with E-state index in [1.807, 2.05) is 6.20 Å². The number of rotatable bonds is 2. The molecule has 4 nitrogen and oxygen atoms in total. The van der Waals surface area contributed by atoms with E-state index in [0.717, 1.165) is 25.5 Å². The van der Waals surface area contributed by atoms with Crippen LogP contribution in [0.2, 0.25) is 0 Å². The van der Waals surface area contributed by atoms with Crippen molar-refractivity contribution in [2.45, 2.75) is 51.1 Å². The van der Waals surface area contributed by atoms with Gasteiger partial charge in [-0.25, -0.2) is 9.97 Å². The van der Waals surface area contributed by atoms with Crippen molar-refractivity contribution in [3.8, 4) is 0 Å². The fourth-order valence-electron chi connectivity index (χ4n) is 2.74. The molecule has 2 aliphatic rings.